The highest BCUT2D eigenvalue weighted by Gasteiger charge is 2.06. The minimum absolute atomic E-state index is 0.551. The van der Waals surface area contributed by atoms with Crippen LogP contribution in [0.3, 0.4) is 0 Å². The van der Waals surface area contributed by atoms with Gasteiger partial charge in [0.25, 0.3) is 0 Å². The highest BCUT2D eigenvalue weighted by atomic mass is 32.1. The van der Waals surface area contributed by atoms with Gasteiger partial charge in [0.05, 0.1) is 0 Å². The van der Waals surface area contributed by atoms with E-state index in [-0.39, 0.29) is 0 Å². The normalized spacial score (nSPS) is 10.8. The van der Waals surface area contributed by atoms with Crippen LogP contribution in [0.2, 0.25) is 0 Å². The smallest absolute Gasteiger partial charge is 0.247 e. The summed E-state index contributed by atoms with van der Waals surface area (Å²) in [5, 5.41) is 11.1. The van der Waals surface area contributed by atoms with Crippen LogP contribution in [0, 0.1) is 6.92 Å². The lowest BCUT2D eigenvalue weighted by Gasteiger charge is -2.09. The molecule has 0 saturated heterocycles. The van der Waals surface area contributed by atoms with E-state index in [4.69, 9.17) is 4.42 Å². The standard InChI is InChI=1S/C16H17N3OS/c1-3-13-5-6-14(21-13)9-17-15-7-4-12(8-11(15)2)16-19-18-10-20-16/h4-8,10,17H,3,9H2,1-2H3. The Morgan fingerprint density at radius 1 is 1.19 bits per heavy atom. The summed E-state index contributed by atoms with van der Waals surface area (Å²) in [4.78, 5) is 2.78. The van der Waals surface area contributed by atoms with E-state index < -0.39 is 0 Å². The molecule has 4 nitrogen and oxygen atoms in total. The maximum Gasteiger partial charge on any atom is 0.247 e. The topological polar surface area (TPSA) is 51.0 Å². The third-order valence-corrected chi connectivity index (χ3v) is 4.58. The van der Waals surface area contributed by atoms with Gasteiger partial charge >= 0.3 is 0 Å². The summed E-state index contributed by atoms with van der Waals surface area (Å²) in [5.74, 6) is 0.551. The maximum absolute atomic E-state index is 5.22. The number of rotatable bonds is 5. The van der Waals surface area contributed by atoms with Crippen molar-refractivity contribution in [2.45, 2.75) is 26.8 Å². The van der Waals surface area contributed by atoms with Crippen molar-refractivity contribution in [1.29, 1.82) is 0 Å². The molecule has 5 heteroatoms. The molecule has 0 atom stereocenters. The molecule has 1 aromatic carbocycles. The lowest BCUT2D eigenvalue weighted by atomic mass is 10.1. The van der Waals surface area contributed by atoms with Crippen molar-refractivity contribution in [3.63, 3.8) is 0 Å². The molecule has 0 unspecified atom stereocenters. The number of hydrogen-bond acceptors (Lipinski definition) is 5. The van der Waals surface area contributed by atoms with Gasteiger partial charge in [-0.1, -0.05) is 6.92 Å². The summed E-state index contributed by atoms with van der Waals surface area (Å²) < 4.78 is 5.22. The van der Waals surface area contributed by atoms with Gasteiger partial charge in [0, 0.05) is 27.5 Å². The Hall–Kier alpha value is -2.14. The number of aryl methyl sites for hydroxylation is 2. The second kappa shape index (κ2) is 6.10. The molecule has 3 rings (SSSR count). The molecule has 0 saturated carbocycles. The molecule has 108 valence electrons. The summed E-state index contributed by atoms with van der Waals surface area (Å²) in [6.45, 7) is 5.11. The third kappa shape index (κ3) is 3.13. The Morgan fingerprint density at radius 3 is 2.71 bits per heavy atom. The van der Waals surface area contributed by atoms with Crippen LogP contribution in [0.5, 0.6) is 0 Å². The summed E-state index contributed by atoms with van der Waals surface area (Å²) in [7, 11) is 0. The molecule has 21 heavy (non-hydrogen) atoms. The van der Waals surface area contributed by atoms with Crippen LogP contribution in [-0.2, 0) is 13.0 Å². The first-order valence-electron chi connectivity index (χ1n) is 6.95. The predicted octanol–water partition coefficient (Wildman–Crippen LogP) is 4.28. The van der Waals surface area contributed by atoms with E-state index in [0.29, 0.717) is 5.89 Å². The number of nitrogens with one attached hydrogen (secondary N) is 1. The van der Waals surface area contributed by atoms with Gasteiger partial charge in [0.2, 0.25) is 12.3 Å². The second-order valence-electron chi connectivity index (χ2n) is 4.85. The average Bonchev–Trinajstić information content (AvgIpc) is 3.17. The summed E-state index contributed by atoms with van der Waals surface area (Å²) in [6.07, 6.45) is 2.45. The molecular weight excluding hydrogens is 282 g/mol. The number of thiophene rings is 1. The molecule has 2 aromatic heterocycles. The number of nitrogens with zero attached hydrogens (tertiary/aromatic N) is 2. The van der Waals surface area contributed by atoms with Crippen molar-refractivity contribution in [3.8, 4) is 11.5 Å². The van der Waals surface area contributed by atoms with Crippen LogP contribution in [-0.4, -0.2) is 10.2 Å². The SMILES string of the molecule is CCc1ccc(CNc2ccc(-c3nnco3)cc2C)s1. The van der Waals surface area contributed by atoms with Crippen molar-refractivity contribution in [3.05, 3.63) is 52.0 Å². The Kier molecular flexibility index (Phi) is 4.01. The fraction of sp³-hybridized carbons (Fsp3) is 0.250. The van der Waals surface area contributed by atoms with E-state index in [0.717, 1.165) is 29.8 Å². The van der Waals surface area contributed by atoms with E-state index in [1.54, 1.807) is 0 Å². The van der Waals surface area contributed by atoms with Gasteiger partial charge in [-0.2, -0.15) is 0 Å². The molecule has 3 aromatic rings. The van der Waals surface area contributed by atoms with Crippen LogP contribution < -0.4 is 5.32 Å². The Balaban J connectivity index is 1.71. The summed E-state index contributed by atoms with van der Waals surface area (Å²) >= 11 is 1.86. The van der Waals surface area contributed by atoms with Crippen LogP contribution in [0.25, 0.3) is 11.5 Å². The van der Waals surface area contributed by atoms with Crippen LogP contribution in [0.1, 0.15) is 22.2 Å². The van der Waals surface area contributed by atoms with Crippen LogP contribution in [0.15, 0.2) is 41.1 Å². The van der Waals surface area contributed by atoms with Gasteiger partial charge in [-0.15, -0.1) is 21.5 Å². The zero-order chi connectivity index (χ0) is 14.7. The van der Waals surface area contributed by atoms with E-state index in [1.807, 2.05) is 17.4 Å². The first-order valence-corrected chi connectivity index (χ1v) is 7.76. The maximum atomic E-state index is 5.22. The Bertz CT molecular complexity index is 719. The lowest BCUT2D eigenvalue weighted by molar-refractivity contribution is 0.568. The van der Waals surface area contributed by atoms with Gasteiger partial charge in [-0.25, -0.2) is 0 Å². The van der Waals surface area contributed by atoms with Crippen molar-refractivity contribution in [2.24, 2.45) is 0 Å². The fourth-order valence-electron chi connectivity index (χ4n) is 2.18. The first-order chi connectivity index (χ1) is 10.3. The largest absolute Gasteiger partial charge is 0.423 e. The van der Waals surface area contributed by atoms with Crippen LogP contribution >= 0.6 is 11.3 Å². The number of benzene rings is 1. The zero-order valence-corrected chi connectivity index (χ0v) is 12.9. The third-order valence-electron chi connectivity index (χ3n) is 3.35. The highest BCUT2D eigenvalue weighted by Crippen LogP contribution is 2.24. The Labute approximate surface area is 127 Å². The van der Waals surface area contributed by atoms with Crippen molar-refractivity contribution < 1.29 is 4.42 Å². The molecule has 0 fully saturated rings. The van der Waals surface area contributed by atoms with E-state index in [9.17, 15) is 0 Å². The molecule has 1 N–H and O–H groups in total. The quantitative estimate of drug-likeness (QED) is 0.764. The number of anilines is 1. The summed E-state index contributed by atoms with van der Waals surface area (Å²) in [5.41, 5.74) is 3.24. The van der Waals surface area contributed by atoms with Gasteiger partial charge in [0.1, 0.15) is 0 Å². The van der Waals surface area contributed by atoms with E-state index >= 15 is 0 Å². The van der Waals surface area contributed by atoms with Gasteiger partial charge in [-0.05, 0) is 49.2 Å². The molecular formula is C16H17N3OS. The fourth-order valence-corrected chi connectivity index (χ4v) is 3.08. The molecule has 0 aliphatic heterocycles. The lowest BCUT2D eigenvalue weighted by Crippen LogP contribution is -1.99. The minimum Gasteiger partial charge on any atom is -0.423 e. The first kappa shape index (κ1) is 13.8. The average molecular weight is 299 g/mol. The number of aromatic nitrogens is 2. The van der Waals surface area contributed by atoms with E-state index in [1.165, 1.54) is 16.1 Å². The zero-order valence-electron chi connectivity index (χ0n) is 12.1. The molecule has 0 aliphatic rings. The van der Waals surface area contributed by atoms with Crippen molar-refractivity contribution >= 4 is 17.0 Å². The van der Waals surface area contributed by atoms with Gasteiger partial charge in [-0.3, -0.25) is 0 Å². The van der Waals surface area contributed by atoms with E-state index in [2.05, 4.69) is 53.6 Å². The minimum atomic E-state index is 0.551. The molecule has 0 amide bonds. The second-order valence-corrected chi connectivity index (χ2v) is 6.10. The highest BCUT2D eigenvalue weighted by molar-refractivity contribution is 7.12. The van der Waals surface area contributed by atoms with Crippen molar-refractivity contribution in [2.75, 3.05) is 5.32 Å². The monoisotopic (exact) mass is 299 g/mol. The molecule has 0 aliphatic carbocycles. The Morgan fingerprint density at radius 2 is 2.05 bits per heavy atom. The summed E-state index contributed by atoms with van der Waals surface area (Å²) in [6, 6.07) is 10.5. The van der Waals surface area contributed by atoms with Gasteiger partial charge < -0.3 is 9.73 Å². The van der Waals surface area contributed by atoms with Crippen LogP contribution in [0.4, 0.5) is 5.69 Å². The predicted molar refractivity (Wildman–Crippen MR) is 85.5 cm³/mol. The molecule has 0 spiro atoms. The van der Waals surface area contributed by atoms with Gasteiger partial charge in [0.15, 0.2) is 0 Å². The molecule has 0 bridgehead atoms. The number of hydrogen-bond donors (Lipinski definition) is 1. The van der Waals surface area contributed by atoms with Crippen molar-refractivity contribution in [1.82, 2.24) is 10.2 Å². The molecule has 0 radical (unpaired) electrons. The molecule has 2 heterocycles.